The molecule has 7 atom stereocenters. The van der Waals surface area contributed by atoms with Crippen LogP contribution < -0.4 is 0 Å². The second-order valence-electron chi connectivity index (χ2n) is 14.4. The van der Waals surface area contributed by atoms with E-state index in [2.05, 4.69) is 54.3 Å². The molecule has 1 N–H and O–H groups in total. The van der Waals surface area contributed by atoms with E-state index in [1.54, 1.807) is 0 Å². The lowest BCUT2D eigenvalue weighted by molar-refractivity contribution is -0.156. The first-order valence-electron chi connectivity index (χ1n) is 13.7. The highest BCUT2D eigenvalue weighted by Crippen LogP contribution is 2.86. The topological polar surface area (TPSA) is 55.8 Å². The van der Waals surface area contributed by atoms with Crippen molar-refractivity contribution < 1.29 is 19.1 Å². The molecule has 4 saturated carbocycles. The molecular weight excluding hydrogens is 440 g/mol. The molecule has 4 aliphatic carbocycles. The Labute approximate surface area is 209 Å². The number of ether oxygens (including phenoxy) is 1. The van der Waals surface area contributed by atoms with E-state index in [1.165, 1.54) is 31.8 Å². The van der Waals surface area contributed by atoms with E-state index >= 15 is 0 Å². The van der Waals surface area contributed by atoms with Crippen LogP contribution in [0.25, 0.3) is 0 Å². The zero-order chi connectivity index (χ0) is 25.4. The molecule has 5 heteroatoms. The fourth-order valence-corrected chi connectivity index (χ4v) is 9.70. The molecule has 0 saturated heterocycles. The summed E-state index contributed by atoms with van der Waals surface area (Å²) in [5.41, 5.74) is 1.85. The Kier molecular flexibility index (Phi) is 6.35. The van der Waals surface area contributed by atoms with Crippen molar-refractivity contribution in [2.75, 3.05) is 13.2 Å². The molecule has 0 radical (unpaired) electrons. The quantitative estimate of drug-likeness (QED) is 0.250. The first kappa shape index (κ1) is 26.4. The zero-order valence-corrected chi connectivity index (χ0v) is 24.2. The molecule has 4 rings (SSSR count). The predicted octanol–water partition coefficient (Wildman–Crippen LogP) is 6.88. The fraction of sp³-hybridized carbons (Fsp3) is 0.897. The predicted molar refractivity (Wildman–Crippen MR) is 140 cm³/mol. The Hall–Kier alpha value is -0.653. The summed E-state index contributed by atoms with van der Waals surface area (Å²) in [4.78, 5) is 11.8. The third-order valence-corrected chi connectivity index (χ3v) is 16.6. The van der Waals surface area contributed by atoms with Crippen molar-refractivity contribution in [2.45, 2.75) is 117 Å². The standard InChI is InChI=1S/C29H50O4Si/c1-20-10-11-24-26(20,6)14-15-29(18-28(24,29)19-30)27(7)13-12-23(33-21(2)31)16-22(27)17-32-34(8,9)25(3,4)5/h22-24,30H,1,10-19H2,2-9H3/t22-,23+,24-,26-,27+,28+,29+/m1/s1. The average Bonchev–Trinajstić information content (AvgIpc) is 3.34. The minimum Gasteiger partial charge on any atom is -0.463 e. The molecule has 0 spiro atoms. The monoisotopic (exact) mass is 490 g/mol. The SMILES string of the molecule is C=C1CC[C@H]2[C@@]3(CO)C[C@]3([C@@]3(C)CC[C@H](OC(C)=O)C[C@@H]3CO[Si](C)(C)C(C)(C)C)CC[C@]12C. The highest BCUT2D eigenvalue weighted by molar-refractivity contribution is 6.74. The molecule has 0 aliphatic heterocycles. The van der Waals surface area contributed by atoms with Crippen LogP contribution in [0.1, 0.15) is 92.9 Å². The van der Waals surface area contributed by atoms with Gasteiger partial charge >= 0.3 is 5.97 Å². The number of hydrogen-bond donors (Lipinski definition) is 1. The molecular formula is C29H50O4Si. The molecule has 4 nitrogen and oxygen atoms in total. The summed E-state index contributed by atoms with van der Waals surface area (Å²) < 4.78 is 12.6. The number of carbonyl (C=O) groups is 1. The minimum atomic E-state index is -1.90. The second kappa shape index (κ2) is 8.18. The van der Waals surface area contributed by atoms with E-state index in [9.17, 15) is 9.90 Å². The number of hydrogen-bond acceptors (Lipinski definition) is 4. The van der Waals surface area contributed by atoms with Gasteiger partial charge in [-0.15, -0.1) is 0 Å². The molecule has 0 bridgehead atoms. The van der Waals surface area contributed by atoms with Gasteiger partial charge in [0.1, 0.15) is 6.10 Å². The largest absolute Gasteiger partial charge is 0.463 e. The van der Waals surface area contributed by atoms with Gasteiger partial charge < -0.3 is 14.3 Å². The third kappa shape index (κ3) is 3.62. The minimum absolute atomic E-state index is 0.0116. The van der Waals surface area contributed by atoms with Crippen molar-refractivity contribution in [1.82, 2.24) is 0 Å². The lowest BCUT2D eigenvalue weighted by Crippen LogP contribution is -2.53. The van der Waals surface area contributed by atoms with Crippen LogP contribution in [-0.4, -0.2) is 38.7 Å². The number of aliphatic hydroxyl groups is 1. The van der Waals surface area contributed by atoms with Crippen molar-refractivity contribution in [3.05, 3.63) is 12.2 Å². The lowest BCUT2D eigenvalue weighted by atomic mass is 9.49. The van der Waals surface area contributed by atoms with Crippen LogP contribution >= 0.6 is 0 Å². The van der Waals surface area contributed by atoms with E-state index in [-0.39, 0.29) is 38.8 Å². The maximum atomic E-state index is 11.8. The van der Waals surface area contributed by atoms with Crippen LogP contribution in [0.4, 0.5) is 0 Å². The van der Waals surface area contributed by atoms with E-state index in [4.69, 9.17) is 9.16 Å². The molecule has 0 unspecified atom stereocenters. The third-order valence-electron chi connectivity index (χ3n) is 12.1. The number of esters is 1. The Bertz CT molecular complexity index is 846. The van der Waals surface area contributed by atoms with Crippen molar-refractivity contribution in [1.29, 1.82) is 0 Å². The van der Waals surface area contributed by atoms with E-state index < -0.39 is 8.32 Å². The summed E-state index contributed by atoms with van der Waals surface area (Å²) in [7, 11) is -1.90. The molecule has 0 aromatic rings. The number of fused-ring (bicyclic) bond motifs is 3. The summed E-state index contributed by atoms with van der Waals surface area (Å²) in [5, 5.41) is 11.1. The Morgan fingerprint density at radius 1 is 1.18 bits per heavy atom. The van der Waals surface area contributed by atoms with Gasteiger partial charge in [0.25, 0.3) is 0 Å². The van der Waals surface area contributed by atoms with Crippen LogP contribution in [-0.2, 0) is 14.0 Å². The van der Waals surface area contributed by atoms with Crippen molar-refractivity contribution in [3.8, 4) is 0 Å². The normalized spacial score (nSPS) is 44.4. The summed E-state index contributed by atoms with van der Waals surface area (Å²) in [6.07, 6.45) is 8.61. The molecule has 0 heterocycles. The van der Waals surface area contributed by atoms with Gasteiger partial charge in [0.05, 0.1) is 0 Å². The van der Waals surface area contributed by atoms with Crippen LogP contribution in [0, 0.1) is 33.5 Å². The van der Waals surface area contributed by atoms with Crippen LogP contribution in [0.2, 0.25) is 18.1 Å². The summed E-state index contributed by atoms with van der Waals surface area (Å²) in [6.45, 7) is 23.5. The van der Waals surface area contributed by atoms with Gasteiger partial charge in [-0.2, -0.15) is 0 Å². The van der Waals surface area contributed by atoms with Crippen LogP contribution in [0.15, 0.2) is 12.2 Å². The van der Waals surface area contributed by atoms with E-state index in [1.807, 2.05) is 0 Å². The number of allylic oxidation sites excluding steroid dienone is 1. The second-order valence-corrected chi connectivity index (χ2v) is 19.2. The maximum absolute atomic E-state index is 11.8. The van der Waals surface area contributed by atoms with Gasteiger partial charge in [0.15, 0.2) is 8.32 Å². The Balaban J connectivity index is 1.66. The Morgan fingerprint density at radius 3 is 2.44 bits per heavy atom. The van der Waals surface area contributed by atoms with E-state index in [0.717, 1.165) is 38.7 Å². The van der Waals surface area contributed by atoms with Crippen molar-refractivity contribution >= 4 is 14.3 Å². The Morgan fingerprint density at radius 2 is 1.85 bits per heavy atom. The molecule has 0 aromatic heterocycles. The fourth-order valence-electron chi connectivity index (χ4n) is 8.65. The molecule has 4 aliphatic rings. The molecule has 194 valence electrons. The number of carbonyl (C=O) groups excluding carboxylic acids is 1. The van der Waals surface area contributed by atoms with Gasteiger partial charge in [0, 0.05) is 25.6 Å². The van der Waals surface area contributed by atoms with Crippen LogP contribution in [0.3, 0.4) is 0 Å². The number of aliphatic hydroxyl groups excluding tert-OH is 1. The number of rotatable bonds is 6. The molecule has 0 aromatic carbocycles. The van der Waals surface area contributed by atoms with E-state index in [0.29, 0.717) is 18.4 Å². The van der Waals surface area contributed by atoms with Crippen LogP contribution in [0.5, 0.6) is 0 Å². The highest BCUT2D eigenvalue weighted by Gasteiger charge is 2.81. The average molecular weight is 491 g/mol. The highest BCUT2D eigenvalue weighted by atomic mass is 28.4. The van der Waals surface area contributed by atoms with Gasteiger partial charge in [-0.05, 0) is 97.6 Å². The van der Waals surface area contributed by atoms with Gasteiger partial charge in [-0.1, -0.05) is 46.8 Å². The zero-order valence-electron chi connectivity index (χ0n) is 23.2. The summed E-state index contributed by atoms with van der Waals surface area (Å²) in [6, 6.07) is 0. The molecule has 34 heavy (non-hydrogen) atoms. The van der Waals surface area contributed by atoms with Gasteiger partial charge in [-0.25, -0.2) is 0 Å². The lowest BCUT2D eigenvalue weighted by Gasteiger charge is -2.56. The summed E-state index contributed by atoms with van der Waals surface area (Å²) in [5.74, 6) is 0.697. The smallest absolute Gasteiger partial charge is 0.302 e. The molecule has 0 amide bonds. The van der Waals surface area contributed by atoms with Crippen molar-refractivity contribution in [2.24, 2.45) is 33.5 Å². The first-order valence-corrected chi connectivity index (χ1v) is 16.6. The maximum Gasteiger partial charge on any atom is 0.302 e. The van der Waals surface area contributed by atoms with Crippen molar-refractivity contribution in [3.63, 3.8) is 0 Å². The first-order chi connectivity index (χ1) is 15.6. The van der Waals surface area contributed by atoms with Gasteiger partial charge in [-0.3, -0.25) is 4.79 Å². The molecule has 4 fully saturated rings. The van der Waals surface area contributed by atoms with Gasteiger partial charge in [0.2, 0.25) is 0 Å². The summed E-state index contributed by atoms with van der Waals surface area (Å²) >= 11 is 0.